The third-order valence-electron chi connectivity index (χ3n) is 2.49. The van der Waals surface area contributed by atoms with E-state index in [4.69, 9.17) is 14.6 Å². The van der Waals surface area contributed by atoms with E-state index >= 15 is 0 Å². The Morgan fingerprint density at radius 1 is 0.966 bits per heavy atom. The highest BCUT2D eigenvalue weighted by Crippen LogP contribution is 2.09. The number of amides is 2. The molecule has 0 aliphatic rings. The zero-order valence-electron chi connectivity index (χ0n) is 19.9. The van der Waals surface area contributed by atoms with Gasteiger partial charge in [-0.1, -0.05) is 20.8 Å². The molecule has 2 N–H and O–H groups in total. The second kappa shape index (κ2) is 16.9. The molecule has 29 heavy (non-hydrogen) atoms. The maximum atomic E-state index is 11.6. The lowest BCUT2D eigenvalue weighted by atomic mass is 10.2. The highest BCUT2D eigenvalue weighted by atomic mass is 16.6. The molecule has 174 valence electrons. The summed E-state index contributed by atoms with van der Waals surface area (Å²) in [6.45, 7) is 16.9. The average molecular weight is 423 g/mol. The molecule has 0 aliphatic carbocycles. The van der Waals surface area contributed by atoms with Crippen molar-refractivity contribution in [1.82, 2.24) is 10.2 Å². The first kappa shape index (κ1) is 31.7. The largest absolute Gasteiger partial charge is 0.468 e. The van der Waals surface area contributed by atoms with Crippen molar-refractivity contribution in [2.45, 2.75) is 79.9 Å². The number of aliphatic hydroxyl groups excluding tert-OH is 1. The van der Waals surface area contributed by atoms with E-state index in [1.165, 1.54) is 7.11 Å². The molecule has 0 bridgehead atoms. The quantitative estimate of drug-likeness (QED) is 0.498. The molecule has 0 fully saturated rings. The summed E-state index contributed by atoms with van der Waals surface area (Å²) in [5, 5.41) is 11.4. The van der Waals surface area contributed by atoms with Gasteiger partial charge in [0.1, 0.15) is 17.7 Å². The molecule has 0 spiro atoms. The van der Waals surface area contributed by atoms with Crippen LogP contribution in [-0.2, 0) is 19.0 Å². The molecule has 0 saturated heterocycles. The summed E-state index contributed by atoms with van der Waals surface area (Å²) >= 11 is 0. The van der Waals surface area contributed by atoms with Crippen LogP contribution in [0, 0.1) is 0 Å². The minimum Gasteiger partial charge on any atom is -0.468 e. The second-order valence-corrected chi connectivity index (χ2v) is 7.63. The van der Waals surface area contributed by atoms with Crippen LogP contribution in [0.2, 0.25) is 0 Å². The van der Waals surface area contributed by atoms with Crippen molar-refractivity contribution in [3.63, 3.8) is 0 Å². The molecule has 0 unspecified atom stereocenters. The maximum absolute atomic E-state index is 11.6. The SMILES string of the molecule is CC.CCCNC(=O)OC(C)(C)C.COC(=O)CN(CCO)C(=O)OC(C)(C)C. The molecule has 0 rings (SSSR count). The minimum atomic E-state index is -0.646. The zero-order valence-corrected chi connectivity index (χ0v) is 19.9. The van der Waals surface area contributed by atoms with E-state index in [2.05, 4.69) is 10.1 Å². The zero-order chi connectivity index (χ0) is 23.7. The summed E-state index contributed by atoms with van der Waals surface area (Å²) in [5.41, 5.74) is -1.03. The molecule has 2 amide bonds. The smallest absolute Gasteiger partial charge is 0.410 e. The number of carbonyl (C=O) groups excluding carboxylic acids is 3. The molecule has 0 aromatic carbocycles. The molecule has 9 heteroatoms. The number of nitrogens with zero attached hydrogens (tertiary/aromatic N) is 1. The van der Waals surface area contributed by atoms with Crippen molar-refractivity contribution in [2.75, 3.05) is 33.4 Å². The minimum absolute atomic E-state index is 0.0318. The standard InChI is InChI=1S/C10H19NO5.C8H17NO2.C2H6/c1-10(2,3)16-9(14)11(5-6-12)7-8(13)15-4;1-5-6-9-7(10)11-8(2,3)4;1-2/h12H,5-7H2,1-4H3;5-6H2,1-4H3,(H,9,10);1-2H3. The van der Waals surface area contributed by atoms with Crippen LogP contribution in [-0.4, -0.2) is 72.7 Å². The number of carbonyl (C=O) groups is 3. The Morgan fingerprint density at radius 3 is 1.79 bits per heavy atom. The topological polar surface area (TPSA) is 114 Å². The van der Waals surface area contributed by atoms with Crippen LogP contribution in [0.4, 0.5) is 9.59 Å². The Balaban J connectivity index is -0.000000454. The number of ether oxygens (including phenoxy) is 3. The van der Waals surface area contributed by atoms with Crippen molar-refractivity contribution >= 4 is 18.2 Å². The van der Waals surface area contributed by atoms with Gasteiger partial charge in [0.2, 0.25) is 0 Å². The van der Waals surface area contributed by atoms with Crippen molar-refractivity contribution in [3.05, 3.63) is 0 Å². The third-order valence-corrected chi connectivity index (χ3v) is 2.49. The molecule has 9 nitrogen and oxygen atoms in total. The summed E-state index contributed by atoms with van der Waals surface area (Å²) in [6, 6.07) is 0. The molecule has 0 aromatic heterocycles. The molecular formula is C20H42N2O7. The maximum Gasteiger partial charge on any atom is 0.410 e. The van der Waals surface area contributed by atoms with Crippen LogP contribution < -0.4 is 5.32 Å². The van der Waals surface area contributed by atoms with E-state index in [1.807, 2.05) is 41.5 Å². The Labute approximate surface area is 176 Å². The summed E-state index contributed by atoms with van der Waals surface area (Å²) < 4.78 is 14.5. The van der Waals surface area contributed by atoms with Crippen molar-refractivity contribution < 1.29 is 33.7 Å². The van der Waals surface area contributed by atoms with Crippen LogP contribution in [0.5, 0.6) is 0 Å². The number of rotatable bonds is 6. The number of hydrogen-bond acceptors (Lipinski definition) is 7. The lowest BCUT2D eigenvalue weighted by Crippen LogP contribution is -2.41. The predicted octanol–water partition coefficient (Wildman–Crippen LogP) is 3.34. The lowest BCUT2D eigenvalue weighted by molar-refractivity contribution is -0.141. The summed E-state index contributed by atoms with van der Waals surface area (Å²) in [4.78, 5) is 34.6. The van der Waals surface area contributed by atoms with E-state index < -0.39 is 23.3 Å². The van der Waals surface area contributed by atoms with Crippen LogP contribution in [0.1, 0.15) is 68.7 Å². The summed E-state index contributed by atoms with van der Waals surface area (Å²) in [7, 11) is 1.23. The van der Waals surface area contributed by atoms with Crippen LogP contribution in [0.25, 0.3) is 0 Å². The van der Waals surface area contributed by atoms with E-state index in [9.17, 15) is 14.4 Å². The number of hydrogen-bond donors (Lipinski definition) is 2. The Hall–Kier alpha value is -2.03. The van der Waals surface area contributed by atoms with Gasteiger partial charge < -0.3 is 24.6 Å². The van der Waals surface area contributed by atoms with Gasteiger partial charge in [0.25, 0.3) is 0 Å². The normalized spacial score (nSPS) is 10.3. The molecule has 0 atom stereocenters. The number of esters is 1. The first-order valence-corrected chi connectivity index (χ1v) is 9.88. The van der Waals surface area contributed by atoms with E-state index in [0.29, 0.717) is 6.54 Å². The fraction of sp³-hybridized carbons (Fsp3) is 0.850. The third kappa shape index (κ3) is 23.9. The Bertz CT molecular complexity index is 455. The Morgan fingerprint density at radius 2 is 1.45 bits per heavy atom. The van der Waals surface area contributed by atoms with E-state index in [1.54, 1.807) is 20.8 Å². The number of alkyl carbamates (subject to hydrolysis) is 1. The highest BCUT2D eigenvalue weighted by molar-refractivity contribution is 5.78. The van der Waals surface area contributed by atoms with Crippen molar-refractivity contribution in [2.24, 2.45) is 0 Å². The summed E-state index contributed by atoms with van der Waals surface area (Å²) in [5.74, 6) is -0.556. The van der Waals surface area contributed by atoms with Gasteiger partial charge in [-0.2, -0.15) is 0 Å². The lowest BCUT2D eigenvalue weighted by Gasteiger charge is -2.26. The van der Waals surface area contributed by atoms with Crippen LogP contribution in [0.15, 0.2) is 0 Å². The fourth-order valence-electron chi connectivity index (χ4n) is 1.44. The number of aliphatic hydroxyl groups is 1. The molecule has 0 aliphatic heterocycles. The van der Waals surface area contributed by atoms with Crippen LogP contribution in [0.3, 0.4) is 0 Å². The average Bonchev–Trinajstić information content (AvgIpc) is 2.58. The number of methoxy groups -OCH3 is 1. The fourth-order valence-corrected chi connectivity index (χ4v) is 1.44. The predicted molar refractivity (Wildman–Crippen MR) is 113 cm³/mol. The molecule has 0 aromatic rings. The van der Waals surface area contributed by atoms with Crippen molar-refractivity contribution in [1.29, 1.82) is 0 Å². The van der Waals surface area contributed by atoms with Gasteiger partial charge in [-0.15, -0.1) is 0 Å². The number of nitrogens with one attached hydrogen (secondary N) is 1. The first-order valence-electron chi connectivity index (χ1n) is 9.88. The molecular weight excluding hydrogens is 380 g/mol. The second-order valence-electron chi connectivity index (χ2n) is 7.63. The highest BCUT2D eigenvalue weighted by Gasteiger charge is 2.23. The Kier molecular flexibility index (Phi) is 18.4. The van der Waals surface area contributed by atoms with Gasteiger partial charge >= 0.3 is 18.2 Å². The van der Waals surface area contributed by atoms with Gasteiger partial charge in [0, 0.05) is 13.1 Å². The van der Waals surface area contributed by atoms with Crippen LogP contribution >= 0.6 is 0 Å². The monoisotopic (exact) mass is 422 g/mol. The summed E-state index contributed by atoms with van der Waals surface area (Å²) in [6.07, 6.45) is -0.0505. The van der Waals surface area contributed by atoms with E-state index in [-0.39, 0.29) is 25.8 Å². The van der Waals surface area contributed by atoms with Gasteiger partial charge in [-0.05, 0) is 48.0 Å². The molecule has 0 heterocycles. The van der Waals surface area contributed by atoms with Gasteiger partial charge in [0.15, 0.2) is 0 Å². The van der Waals surface area contributed by atoms with Gasteiger partial charge in [-0.25, -0.2) is 9.59 Å². The van der Waals surface area contributed by atoms with Gasteiger partial charge in [-0.3, -0.25) is 9.69 Å². The van der Waals surface area contributed by atoms with E-state index in [0.717, 1.165) is 11.3 Å². The first-order chi connectivity index (χ1) is 13.3. The molecule has 0 saturated carbocycles. The molecule has 0 radical (unpaired) electrons. The van der Waals surface area contributed by atoms with Gasteiger partial charge in [0.05, 0.1) is 13.7 Å². The van der Waals surface area contributed by atoms with Crippen molar-refractivity contribution in [3.8, 4) is 0 Å².